The summed E-state index contributed by atoms with van der Waals surface area (Å²) >= 11 is 0. The summed E-state index contributed by atoms with van der Waals surface area (Å²) in [5.41, 5.74) is 5.01. The van der Waals surface area contributed by atoms with Crippen LogP contribution in [0.1, 0.15) is 5.56 Å². The Kier molecular flexibility index (Phi) is 3.70. The molecule has 0 unspecified atom stereocenters. The van der Waals surface area contributed by atoms with Gasteiger partial charge in [-0.15, -0.1) is 5.54 Å². The summed E-state index contributed by atoms with van der Waals surface area (Å²) < 4.78 is 0. The van der Waals surface area contributed by atoms with Gasteiger partial charge in [0.05, 0.1) is 0 Å². The first kappa shape index (κ1) is 11.5. The SMILES string of the molecule is C[Si](C)(C)C#Cc1cccc(NC=O)c1. The summed E-state index contributed by atoms with van der Waals surface area (Å²) in [5, 5.41) is 2.61. The van der Waals surface area contributed by atoms with E-state index in [0.29, 0.717) is 6.41 Å². The zero-order chi connectivity index (χ0) is 11.3. The van der Waals surface area contributed by atoms with Gasteiger partial charge in [-0.1, -0.05) is 31.6 Å². The number of carbonyl (C=O) groups is 1. The van der Waals surface area contributed by atoms with Crippen molar-refractivity contribution in [3.63, 3.8) is 0 Å². The van der Waals surface area contributed by atoms with E-state index in [2.05, 4.69) is 36.4 Å². The zero-order valence-corrected chi connectivity index (χ0v) is 10.3. The third-order valence-corrected chi connectivity index (χ3v) is 2.55. The average molecular weight is 217 g/mol. The van der Waals surface area contributed by atoms with Crippen molar-refractivity contribution in [2.24, 2.45) is 0 Å². The lowest BCUT2D eigenvalue weighted by molar-refractivity contribution is -0.105. The molecule has 1 rings (SSSR count). The lowest BCUT2D eigenvalue weighted by Crippen LogP contribution is -2.16. The molecule has 0 saturated carbocycles. The first-order chi connectivity index (χ1) is 7.01. The first-order valence-corrected chi connectivity index (χ1v) is 8.35. The number of rotatable bonds is 2. The van der Waals surface area contributed by atoms with E-state index in [1.165, 1.54) is 0 Å². The number of nitrogens with one attached hydrogen (secondary N) is 1. The predicted molar refractivity (Wildman–Crippen MR) is 66.4 cm³/mol. The molecule has 15 heavy (non-hydrogen) atoms. The molecular weight excluding hydrogens is 202 g/mol. The second-order valence-corrected chi connectivity index (χ2v) is 9.09. The molecule has 0 spiro atoms. The molecule has 1 amide bonds. The van der Waals surface area contributed by atoms with Gasteiger partial charge in [0, 0.05) is 11.3 Å². The standard InChI is InChI=1S/C12H15NOSi/c1-15(2,3)8-7-11-5-4-6-12(9-11)13-10-14/h4-6,9-10H,1-3H3,(H,13,14). The third kappa shape index (κ3) is 4.48. The van der Waals surface area contributed by atoms with Crippen molar-refractivity contribution >= 4 is 20.2 Å². The summed E-state index contributed by atoms with van der Waals surface area (Å²) in [4.78, 5) is 10.3. The minimum atomic E-state index is -1.33. The molecule has 0 heterocycles. The van der Waals surface area contributed by atoms with Gasteiger partial charge in [0.15, 0.2) is 0 Å². The molecule has 1 N–H and O–H groups in total. The second kappa shape index (κ2) is 4.81. The van der Waals surface area contributed by atoms with Crippen molar-refractivity contribution in [2.75, 3.05) is 5.32 Å². The van der Waals surface area contributed by atoms with E-state index in [-0.39, 0.29) is 0 Å². The summed E-state index contributed by atoms with van der Waals surface area (Å²) in [6, 6.07) is 7.55. The maximum atomic E-state index is 10.3. The maximum absolute atomic E-state index is 10.3. The van der Waals surface area contributed by atoms with Crippen LogP contribution in [0.4, 0.5) is 5.69 Å². The van der Waals surface area contributed by atoms with Gasteiger partial charge in [-0.2, -0.15) is 0 Å². The second-order valence-electron chi connectivity index (χ2n) is 4.34. The van der Waals surface area contributed by atoms with Crippen molar-refractivity contribution in [3.8, 4) is 11.5 Å². The molecule has 1 aromatic rings. The highest BCUT2D eigenvalue weighted by atomic mass is 28.3. The molecule has 3 heteroatoms. The highest BCUT2D eigenvalue weighted by Gasteiger charge is 2.07. The smallest absolute Gasteiger partial charge is 0.211 e. The van der Waals surface area contributed by atoms with Crippen molar-refractivity contribution in [3.05, 3.63) is 29.8 Å². The fraction of sp³-hybridized carbons (Fsp3) is 0.250. The van der Waals surface area contributed by atoms with E-state index >= 15 is 0 Å². The fourth-order valence-electron chi connectivity index (χ4n) is 1.01. The molecule has 0 aliphatic heterocycles. The fourth-order valence-corrected chi connectivity index (χ4v) is 1.53. The number of carbonyl (C=O) groups excluding carboxylic acids is 1. The van der Waals surface area contributed by atoms with Crippen LogP contribution < -0.4 is 5.32 Å². The molecule has 0 aliphatic carbocycles. The Labute approximate surface area is 91.7 Å². The van der Waals surface area contributed by atoms with Crippen molar-refractivity contribution in [1.29, 1.82) is 0 Å². The van der Waals surface area contributed by atoms with Gasteiger partial charge in [-0.05, 0) is 18.2 Å². The lowest BCUT2D eigenvalue weighted by Gasteiger charge is -2.03. The lowest BCUT2D eigenvalue weighted by atomic mass is 10.2. The number of anilines is 1. The Morgan fingerprint density at radius 3 is 2.67 bits per heavy atom. The van der Waals surface area contributed by atoms with Crippen LogP contribution in [0.5, 0.6) is 0 Å². The van der Waals surface area contributed by atoms with Crippen molar-refractivity contribution < 1.29 is 4.79 Å². The zero-order valence-electron chi connectivity index (χ0n) is 9.29. The van der Waals surface area contributed by atoms with Crippen LogP contribution in [0.3, 0.4) is 0 Å². The van der Waals surface area contributed by atoms with E-state index in [1.807, 2.05) is 24.3 Å². The molecule has 0 saturated heterocycles. The van der Waals surface area contributed by atoms with E-state index in [9.17, 15) is 4.79 Å². The highest BCUT2D eigenvalue weighted by molar-refractivity contribution is 6.83. The number of hydrogen-bond donors (Lipinski definition) is 1. The van der Waals surface area contributed by atoms with Crippen molar-refractivity contribution in [2.45, 2.75) is 19.6 Å². The van der Waals surface area contributed by atoms with E-state index in [4.69, 9.17) is 0 Å². The van der Waals surface area contributed by atoms with Gasteiger partial charge in [-0.3, -0.25) is 4.79 Å². The average Bonchev–Trinajstić information content (AvgIpc) is 2.15. The van der Waals surface area contributed by atoms with Crippen LogP contribution in [0, 0.1) is 11.5 Å². The van der Waals surface area contributed by atoms with Crippen LogP contribution in [0.15, 0.2) is 24.3 Å². The molecular formula is C12H15NOSi. The molecule has 78 valence electrons. The van der Waals surface area contributed by atoms with Crippen LogP contribution in [-0.2, 0) is 4.79 Å². The van der Waals surface area contributed by atoms with Gasteiger partial charge >= 0.3 is 0 Å². The Balaban J connectivity index is 2.90. The van der Waals surface area contributed by atoms with Gasteiger partial charge in [0.1, 0.15) is 8.07 Å². The summed E-state index contributed by atoms with van der Waals surface area (Å²) in [6.45, 7) is 6.61. The molecule has 0 aromatic heterocycles. The largest absolute Gasteiger partial charge is 0.329 e. The Hall–Kier alpha value is -1.53. The van der Waals surface area contributed by atoms with Crippen LogP contribution in [0.2, 0.25) is 19.6 Å². The number of amides is 1. The van der Waals surface area contributed by atoms with Crippen LogP contribution in [-0.4, -0.2) is 14.5 Å². The Morgan fingerprint density at radius 2 is 2.07 bits per heavy atom. The Morgan fingerprint density at radius 1 is 1.33 bits per heavy atom. The van der Waals surface area contributed by atoms with E-state index in [1.54, 1.807) is 0 Å². The summed E-state index contributed by atoms with van der Waals surface area (Å²) in [6.07, 6.45) is 0.672. The van der Waals surface area contributed by atoms with Crippen LogP contribution in [0.25, 0.3) is 0 Å². The van der Waals surface area contributed by atoms with Crippen LogP contribution >= 0.6 is 0 Å². The molecule has 2 nitrogen and oxygen atoms in total. The topological polar surface area (TPSA) is 29.1 Å². The van der Waals surface area contributed by atoms with Gasteiger partial charge in [0.2, 0.25) is 6.41 Å². The molecule has 0 aliphatic rings. The summed E-state index contributed by atoms with van der Waals surface area (Å²) in [7, 11) is -1.33. The highest BCUT2D eigenvalue weighted by Crippen LogP contribution is 2.09. The van der Waals surface area contributed by atoms with Crippen molar-refractivity contribution in [1.82, 2.24) is 0 Å². The number of hydrogen-bond acceptors (Lipinski definition) is 1. The normalized spacial score (nSPS) is 10.1. The molecule has 0 radical (unpaired) electrons. The molecule has 0 bridgehead atoms. The Bertz CT molecular complexity index is 410. The van der Waals surface area contributed by atoms with Gasteiger partial charge < -0.3 is 5.32 Å². The number of benzene rings is 1. The first-order valence-electron chi connectivity index (χ1n) is 4.85. The summed E-state index contributed by atoms with van der Waals surface area (Å²) in [5.74, 6) is 3.14. The van der Waals surface area contributed by atoms with E-state index in [0.717, 1.165) is 11.3 Å². The quantitative estimate of drug-likeness (QED) is 0.460. The molecule has 0 atom stereocenters. The third-order valence-electron chi connectivity index (χ3n) is 1.67. The van der Waals surface area contributed by atoms with E-state index < -0.39 is 8.07 Å². The molecule has 0 fully saturated rings. The van der Waals surface area contributed by atoms with Gasteiger partial charge in [-0.25, -0.2) is 0 Å². The monoisotopic (exact) mass is 217 g/mol. The molecule has 1 aromatic carbocycles. The minimum absolute atomic E-state index is 0.672. The van der Waals surface area contributed by atoms with Gasteiger partial charge in [0.25, 0.3) is 0 Å². The minimum Gasteiger partial charge on any atom is -0.329 e. The maximum Gasteiger partial charge on any atom is 0.211 e. The predicted octanol–water partition coefficient (Wildman–Crippen LogP) is 2.48.